The van der Waals surface area contributed by atoms with Crippen LogP contribution in [-0.4, -0.2) is 73.6 Å². The van der Waals surface area contributed by atoms with E-state index in [2.05, 4.69) is 62.8 Å². The molecular formula is C28H39N9O. The van der Waals surface area contributed by atoms with Gasteiger partial charge in [-0.2, -0.15) is 10.1 Å². The summed E-state index contributed by atoms with van der Waals surface area (Å²) in [7, 11) is 2.19. The van der Waals surface area contributed by atoms with Crippen LogP contribution in [0, 0.1) is 0 Å². The van der Waals surface area contributed by atoms with Crippen molar-refractivity contribution in [1.29, 1.82) is 0 Å². The predicted molar refractivity (Wildman–Crippen MR) is 152 cm³/mol. The van der Waals surface area contributed by atoms with Crippen LogP contribution in [0.1, 0.15) is 50.2 Å². The highest BCUT2D eigenvalue weighted by molar-refractivity contribution is 5.88. The largest absolute Gasteiger partial charge is 0.396 e. The summed E-state index contributed by atoms with van der Waals surface area (Å²) < 4.78 is 1.92. The van der Waals surface area contributed by atoms with Crippen molar-refractivity contribution in [2.75, 3.05) is 37.8 Å². The molecule has 202 valence electrons. The van der Waals surface area contributed by atoms with Gasteiger partial charge in [0.05, 0.1) is 18.3 Å². The molecule has 1 fully saturated rings. The maximum Gasteiger partial charge on any atom is 0.222 e. The van der Waals surface area contributed by atoms with Crippen LogP contribution < -0.4 is 16.4 Å². The second-order valence-corrected chi connectivity index (χ2v) is 10.4. The number of aliphatic hydroxyl groups is 1. The fourth-order valence-electron chi connectivity index (χ4n) is 5.42. The van der Waals surface area contributed by atoms with Crippen molar-refractivity contribution >= 4 is 33.7 Å². The highest BCUT2D eigenvalue weighted by Gasteiger charge is 2.19. The van der Waals surface area contributed by atoms with Crippen LogP contribution in [0.15, 0.2) is 36.7 Å². The summed E-state index contributed by atoms with van der Waals surface area (Å²) in [6.45, 7) is 5.87. The van der Waals surface area contributed by atoms with E-state index >= 15 is 0 Å². The minimum absolute atomic E-state index is 0.0877. The number of nitrogen functional groups attached to an aromatic ring is 1. The van der Waals surface area contributed by atoms with Gasteiger partial charge in [-0.3, -0.25) is 9.67 Å². The summed E-state index contributed by atoms with van der Waals surface area (Å²) in [4.78, 5) is 16.1. The molecule has 1 saturated heterocycles. The number of aliphatic hydroxyl groups excluding tert-OH is 1. The van der Waals surface area contributed by atoms with Gasteiger partial charge in [0.1, 0.15) is 11.0 Å². The van der Waals surface area contributed by atoms with Crippen molar-refractivity contribution in [3.63, 3.8) is 0 Å². The first kappa shape index (κ1) is 26.3. The summed E-state index contributed by atoms with van der Waals surface area (Å²) in [5.41, 5.74) is 10.8. The second kappa shape index (κ2) is 12.0. The lowest BCUT2D eigenvalue weighted by Crippen LogP contribution is -2.40. The van der Waals surface area contributed by atoms with E-state index in [0.29, 0.717) is 30.3 Å². The number of piperidine rings is 1. The van der Waals surface area contributed by atoms with E-state index in [1.165, 1.54) is 18.4 Å². The van der Waals surface area contributed by atoms with E-state index in [9.17, 15) is 5.11 Å². The Balaban J connectivity index is 1.42. The number of anilines is 2. The molecule has 38 heavy (non-hydrogen) atoms. The first-order valence-corrected chi connectivity index (χ1v) is 13.7. The molecule has 0 saturated carbocycles. The third kappa shape index (κ3) is 5.87. The first-order chi connectivity index (χ1) is 18.6. The molecule has 0 bridgehead atoms. The number of likely N-dealkylation sites (tertiary alicyclic amines) is 1. The van der Waals surface area contributed by atoms with E-state index in [1.807, 2.05) is 16.9 Å². The third-order valence-corrected chi connectivity index (χ3v) is 7.52. The molecule has 4 aromatic rings. The van der Waals surface area contributed by atoms with Crippen LogP contribution in [0.5, 0.6) is 0 Å². The average molecular weight is 518 g/mol. The van der Waals surface area contributed by atoms with E-state index in [0.717, 1.165) is 54.5 Å². The van der Waals surface area contributed by atoms with Crippen LogP contribution in [0.4, 0.5) is 11.8 Å². The summed E-state index contributed by atoms with van der Waals surface area (Å²) in [6, 6.07) is 9.16. The smallest absolute Gasteiger partial charge is 0.222 e. The lowest BCUT2D eigenvalue weighted by Gasteiger charge is -2.29. The van der Waals surface area contributed by atoms with Crippen LogP contribution in [0.3, 0.4) is 0 Å². The first-order valence-electron chi connectivity index (χ1n) is 13.7. The van der Waals surface area contributed by atoms with Crippen LogP contribution in [0.2, 0.25) is 0 Å². The van der Waals surface area contributed by atoms with Gasteiger partial charge in [-0.05, 0) is 63.0 Å². The zero-order valence-corrected chi connectivity index (χ0v) is 22.4. The van der Waals surface area contributed by atoms with Gasteiger partial charge in [0.25, 0.3) is 0 Å². The highest BCUT2D eigenvalue weighted by Crippen LogP contribution is 2.27. The molecule has 1 aliphatic heterocycles. The molecule has 4 heterocycles. The predicted octanol–water partition coefficient (Wildman–Crippen LogP) is 3.15. The Hall–Kier alpha value is -3.34. The van der Waals surface area contributed by atoms with Crippen molar-refractivity contribution in [2.45, 2.75) is 64.2 Å². The van der Waals surface area contributed by atoms with E-state index in [4.69, 9.17) is 10.7 Å². The van der Waals surface area contributed by atoms with Crippen molar-refractivity contribution in [3.05, 3.63) is 47.8 Å². The van der Waals surface area contributed by atoms with Gasteiger partial charge < -0.3 is 26.4 Å². The molecule has 10 nitrogen and oxygen atoms in total. The fraction of sp³-hybridized carbons (Fsp3) is 0.500. The van der Waals surface area contributed by atoms with E-state index in [-0.39, 0.29) is 18.6 Å². The number of hydrogen-bond acceptors (Lipinski definition) is 9. The minimum atomic E-state index is 0.0877. The molecule has 1 atom stereocenters. The minimum Gasteiger partial charge on any atom is -0.396 e. The van der Waals surface area contributed by atoms with Gasteiger partial charge >= 0.3 is 0 Å². The standard InChI is InChI=1S/C28H39N9O/c1-3-5-22(11-15-38)33-27-26-24(34-28(29)35-27)17-32-37(26)18-20-8-7-19(23-6-4-12-30-25(20)23)16-31-21-9-13-36(2)14-10-21/h4,6-8,12,17,21-22,31,38H,3,5,9-11,13-16,18H2,1-2H3,(H3,29,33,34,35)/t22-/m0/s1. The Labute approximate surface area is 223 Å². The summed E-state index contributed by atoms with van der Waals surface area (Å²) in [5.74, 6) is 0.848. The number of aromatic nitrogens is 5. The molecule has 0 unspecified atom stereocenters. The number of nitrogens with zero attached hydrogens (tertiary/aromatic N) is 6. The van der Waals surface area contributed by atoms with Gasteiger partial charge in [-0.1, -0.05) is 31.5 Å². The van der Waals surface area contributed by atoms with E-state index in [1.54, 1.807) is 6.20 Å². The molecule has 1 aliphatic rings. The Kier molecular flexibility index (Phi) is 8.31. The molecule has 0 spiro atoms. The molecule has 0 amide bonds. The molecule has 1 aromatic carbocycles. The summed E-state index contributed by atoms with van der Waals surface area (Å²) >= 11 is 0. The fourth-order valence-corrected chi connectivity index (χ4v) is 5.42. The maximum absolute atomic E-state index is 9.54. The van der Waals surface area contributed by atoms with Gasteiger partial charge in [0, 0.05) is 36.8 Å². The Morgan fingerprint density at radius 3 is 2.74 bits per heavy atom. The van der Waals surface area contributed by atoms with Gasteiger partial charge in [0.15, 0.2) is 5.82 Å². The number of pyridine rings is 1. The van der Waals surface area contributed by atoms with Gasteiger partial charge in [-0.25, -0.2) is 4.98 Å². The van der Waals surface area contributed by atoms with Crippen molar-refractivity contribution < 1.29 is 5.11 Å². The lowest BCUT2D eigenvalue weighted by molar-refractivity contribution is 0.234. The average Bonchev–Trinajstić information content (AvgIpc) is 3.32. The van der Waals surface area contributed by atoms with Gasteiger partial charge in [-0.15, -0.1) is 0 Å². The van der Waals surface area contributed by atoms with Crippen molar-refractivity contribution in [3.8, 4) is 0 Å². The molecule has 10 heteroatoms. The molecule has 5 N–H and O–H groups in total. The number of fused-ring (bicyclic) bond motifs is 2. The topological polar surface area (TPSA) is 130 Å². The number of nitrogens with one attached hydrogen (secondary N) is 2. The molecule has 0 aliphatic carbocycles. The zero-order chi connectivity index (χ0) is 26.5. The molecule has 0 radical (unpaired) electrons. The van der Waals surface area contributed by atoms with Crippen LogP contribution >= 0.6 is 0 Å². The molecular weight excluding hydrogens is 478 g/mol. The van der Waals surface area contributed by atoms with Crippen molar-refractivity contribution in [1.82, 2.24) is 34.9 Å². The molecule has 5 rings (SSSR count). The zero-order valence-electron chi connectivity index (χ0n) is 22.4. The number of benzene rings is 1. The molecule has 3 aromatic heterocycles. The normalized spacial score (nSPS) is 15.9. The highest BCUT2D eigenvalue weighted by atomic mass is 16.3. The van der Waals surface area contributed by atoms with Crippen LogP contribution in [0.25, 0.3) is 21.9 Å². The third-order valence-electron chi connectivity index (χ3n) is 7.52. The lowest BCUT2D eigenvalue weighted by atomic mass is 10.0. The number of rotatable bonds is 11. The monoisotopic (exact) mass is 517 g/mol. The van der Waals surface area contributed by atoms with Crippen molar-refractivity contribution in [2.24, 2.45) is 0 Å². The Morgan fingerprint density at radius 1 is 1.13 bits per heavy atom. The Bertz CT molecular complexity index is 1360. The number of hydrogen-bond donors (Lipinski definition) is 4. The van der Waals surface area contributed by atoms with Crippen LogP contribution in [-0.2, 0) is 13.1 Å². The second-order valence-electron chi connectivity index (χ2n) is 10.4. The maximum atomic E-state index is 9.54. The summed E-state index contributed by atoms with van der Waals surface area (Å²) in [6.07, 6.45) is 8.49. The quantitative estimate of drug-likeness (QED) is 0.237. The summed E-state index contributed by atoms with van der Waals surface area (Å²) in [5, 5.41) is 22.6. The van der Waals surface area contributed by atoms with E-state index < -0.39 is 0 Å². The number of nitrogens with two attached hydrogens (primary N) is 1. The Morgan fingerprint density at radius 2 is 1.95 bits per heavy atom. The van der Waals surface area contributed by atoms with Gasteiger partial charge in [0.2, 0.25) is 5.95 Å². The SMILES string of the molecule is CCC[C@@H](CCO)Nc1nc(N)nc2cnn(Cc3ccc(CNC4CCN(C)CC4)c4cccnc34)c12.